The summed E-state index contributed by atoms with van der Waals surface area (Å²) in [4.78, 5) is 61.8. The van der Waals surface area contributed by atoms with Gasteiger partial charge in [0.05, 0.1) is 36.6 Å². The molecule has 0 aromatic heterocycles. The van der Waals surface area contributed by atoms with E-state index in [2.05, 4.69) is 13.2 Å². The highest BCUT2D eigenvalue weighted by molar-refractivity contribution is 5.98. The summed E-state index contributed by atoms with van der Waals surface area (Å²) in [7, 11) is 1.69. The van der Waals surface area contributed by atoms with Crippen molar-refractivity contribution >= 4 is 23.7 Å². The summed E-state index contributed by atoms with van der Waals surface area (Å²) < 4.78 is 13.0. The predicted molar refractivity (Wildman–Crippen MR) is 189 cm³/mol. The number of hydrogen-bond acceptors (Lipinski definition) is 7. The SMILES string of the molecule is C=CCCC(=O)N(C)[C@@H](C)[C@@H](OC(=O)[C@@H]1[C@@H]2CC[C@]3(O2)[C@H](C(=O)N(CC=C)CCCC)N([C@H](CO)c2ccccc2)C(=O)[C@@H]13)c1ccccc1. The first-order chi connectivity index (χ1) is 24.1. The van der Waals surface area contributed by atoms with E-state index >= 15 is 0 Å². The minimum atomic E-state index is -1.28. The summed E-state index contributed by atoms with van der Waals surface area (Å²) in [6, 6.07) is 16.0. The average Bonchev–Trinajstić information content (AvgIpc) is 3.79. The van der Waals surface area contributed by atoms with E-state index in [1.165, 1.54) is 4.90 Å². The number of carbonyl (C=O) groups excluding carboxylic acids is 4. The lowest BCUT2D eigenvalue weighted by Gasteiger charge is -2.39. The van der Waals surface area contributed by atoms with Crippen LogP contribution in [-0.4, -0.2) is 94.0 Å². The van der Waals surface area contributed by atoms with Crippen LogP contribution in [0.3, 0.4) is 0 Å². The number of nitrogens with zero attached hydrogens (tertiary/aromatic N) is 3. The Morgan fingerprint density at radius 2 is 1.74 bits per heavy atom. The number of unbranched alkanes of at least 4 members (excludes halogenated alkanes) is 1. The Morgan fingerprint density at radius 1 is 1.08 bits per heavy atom. The molecule has 3 amide bonds. The standard InChI is InChI=1S/C40H51N3O7/c1-6-9-21-32(45)41(5)27(4)35(29-19-15-12-16-20-29)49-39(48)33-31-22-23-40(50-31)34(33)37(46)43(30(26-44)28-17-13-11-14-18-28)36(40)38(47)42(24-8-3)25-10-7-2/h6,8,11-20,27,30-31,33-36,44H,1,3,7,9-10,21-26H2,2,4-5H3/t27-,30+,31-,33+,34+,35+,36-,40+/m0/s1. The van der Waals surface area contributed by atoms with Gasteiger partial charge >= 0.3 is 5.97 Å². The lowest BCUT2D eigenvalue weighted by Crippen LogP contribution is -2.57. The largest absolute Gasteiger partial charge is 0.455 e. The number of likely N-dealkylation sites (tertiary alicyclic amines) is 1. The minimum absolute atomic E-state index is 0.109. The molecule has 0 unspecified atom stereocenters. The van der Waals surface area contributed by atoms with Crippen molar-refractivity contribution in [2.24, 2.45) is 11.8 Å². The van der Waals surface area contributed by atoms with Gasteiger partial charge in [0.25, 0.3) is 0 Å². The third kappa shape index (κ3) is 6.88. The van der Waals surface area contributed by atoms with Crippen LogP contribution >= 0.6 is 0 Å². The summed E-state index contributed by atoms with van der Waals surface area (Å²) in [6.45, 7) is 11.8. The predicted octanol–water partition coefficient (Wildman–Crippen LogP) is 5.01. The maximum absolute atomic E-state index is 14.8. The number of esters is 1. The summed E-state index contributed by atoms with van der Waals surface area (Å²) in [5, 5.41) is 10.8. The number of aliphatic hydroxyl groups excluding tert-OH is 1. The van der Waals surface area contributed by atoms with Crippen LogP contribution < -0.4 is 0 Å². The highest BCUT2D eigenvalue weighted by atomic mass is 16.6. The van der Waals surface area contributed by atoms with Gasteiger partial charge in [0.2, 0.25) is 17.7 Å². The molecule has 8 atom stereocenters. The molecule has 1 N–H and O–H groups in total. The Kier molecular flexibility index (Phi) is 12.0. The van der Waals surface area contributed by atoms with Crippen LogP contribution in [0.2, 0.25) is 0 Å². The van der Waals surface area contributed by atoms with Crippen molar-refractivity contribution in [1.29, 1.82) is 0 Å². The molecule has 268 valence electrons. The number of allylic oxidation sites excluding steroid dienone is 1. The van der Waals surface area contributed by atoms with Gasteiger partial charge in [0.15, 0.2) is 0 Å². The van der Waals surface area contributed by atoms with Gasteiger partial charge in [0.1, 0.15) is 17.7 Å². The van der Waals surface area contributed by atoms with Crippen LogP contribution in [-0.2, 0) is 28.7 Å². The Labute approximate surface area is 295 Å². The van der Waals surface area contributed by atoms with E-state index in [0.29, 0.717) is 36.9 Å². The number of rotatable bonds is 17. The Balaban J connectivity index is 1.53. The van der Waals surface area contributed by atoms with Crippen LogP contribution in [0.1, 0.15) is 75.6 Å². The zero-order chi connectivity index (χ0) is 36.0. The molecular weight excluding hydrogens is 634 g/mol. The lowest BCUT2D eigenvalue weighted by molar-refractivity contribution is -0.165. The van der Waals surface area contributed by atoms with E-state index in [0.717, 1.165) is 12.8 Å². The van der Waals surface area contributed by atoms with Gasteiger partial charge in [-0.3, -0.25) is 19.2 Å². The topological polar surface area (TPSA) is 117 Å². The number of ether oxygens (including phenoxy) is 2. The van der Waals surface area contributed by atoms with Crippen molar-refractivity contribution in [1.82, 2.24) is 14.7 Å². The number of likely N-dealkylation sites (N-methyl/N-ethyl adjacent to an activating group) is 1. The van der Waals surface area contributed by atoms with Crippen molar-refractivity contribution < 1.29 is 33.8 Å². The fourth-order valence-electron chi connectivity index (χ4n) is 8.10. The fourth-order valence-corrected chi connectivity index (χ4v) is 8.10. The van der Waals surface area contributed by atoms with Crippen molar-refractivity contribution in [2.45, 2.75) is 88.3 Å². The molecule has 3 aliphatic rings. The quantitative estimate of drug-likeness (QED) is 0.184. The Hall–Kier alpha value is -4.28. The molecule has 2 bridgehead atoms. The molecule has 10 heteroatoms. The monoisotopic (exact) mass is 685 g/mol. The van der Waals surface area contributed by atoms with E-state index in [-0.39, 0.29) is 24.8 Å². The first kappa shape index (κ1) is 37.0. The van der Waals surface area contributed by atoms with Crippen molar-refractivity contribution in [2.75, 3.05) is 26.7 Å². The molecule has 2 aromatic rings. The average molecular weight is 686 g/mol. The Bertz CT molecular complexity index is 1530. The fraction of sp³-hybridized carbons (Fsp3) is 0.500. The van der Waals surface area contributed by atoms with E-state index in [1.807, 2.05) is 74.5 Å². The third-order valence-electron chi connectivity index (χ3n) is 10.8. The Morgan fingerprint density at radius 3 is 2.34 bits per heavy atom. The van der Waals surface area contributed by atoms with Crippen molar-refractivity contribution in [3.05, 3.63) is 97.1 Å². The highest BCUT2D eigenvalue weighted by Crippen LogP contribution is 2.60. The van der Waals surface area contributed by atoms with Gasteiger partial charge < -0.3 is 29.3 Å². The maximum atomic E-state index is 14.8. The molecule has 0 saturated carbocycles. The highest BCUT2D eigenvalue weighted by Gasteiger charge is 2.76. The molecule has 0 aliphatic carbocycles. The van der Waals surface area contributed by atoms with Gasteiger partial charge in [-0.05, 0) is 43.7 Å². The molecule has 3 fully saturated rings. The maximum Gasteiger partial charge on any atom is 0.313 e. The summed E-state index contributed by atoms with van der Waals surface area (Å²) in [5.74, 6) is -3.38. The van der Waals surface area contributed by atoms with Crippen LogP contribution in [0.5, 0.6) is 0 Å². The van der Waals surface area contributed by atoms with E-state index in [4.69, 9.17) is 9.47 Å². The second kappa shape index (κ2) is 16.2. The number of carbonyl (C=O) groups is 4. The number of aliphatic hydroxyl groups is 1. The van der Waals surface area contributed by atoms with E-state index in [1.54, 1.807) is 29.0 Å². The van der Waals surface area contributed by atoms with E-state index in [9.17, 15) is 24.3 Å². The molecule has 3 heterocycles. The van der Waals surface area contributed by atoms with Gasteiger partial charge in [0, 0.05) is 26.6 Å². The number of amides is 3. The summed E-state index contributed by atoms with van der Waals surface area (Å²) >= 11 is 0. The van der Waals surface area contributed by atoms with Gasteiger partial charge in [-0.15, -0.1) is 13.2 Å². The minimum Gasteiger partial charge on any atom is -0.455 e. The molecule has 1 spiro atoms. The second-order valence-electron chi connectivity index (χ2n) is 13.7. The van der Waals surface area contributed by atoms with Gasteiger partial charge in [-0.25, -0.2) is 0 Å². The zero-order valence-electron chi connectivity index (χ0n) is 29.5. The molecule has 3 saturated heterocycles. The van der Waals surface area contributed by atoms with Crippen molar-refractivity contribution in [3.63, 3.8) is 0 Å². The zero-order valence-corrected chi connectivity index (χ0v) is 29.5. The lowest BCUT2D eigenvalue weighted by atomic mass is 9.70. The van der Waals surface area contributed by atoms with E-state index < -0.39 is 66.3 Å². The molecule has 5 rings (SSSR count). The molecular formula is C40H51N3O7. The summed E-state index contributed by atoms with van der Waals surface area (Å²) in [6.07, 6.45) is 5.22. The molecule has 10 nitrogen and oxygen atoms in total. The third-order valence-corrected chi connectivity index (χ3v) is 10.8. The summed E-state index contributed by atoms with van der Waals surface area (Å²) in [5.41, 5.74) is 0.113. The van der Waals surface area contributed by atoms with Crippen molar-refractivity contribution in [3.8, 4) is 0 Å². The van der Waals surface area contributed by atoms with Crippen LogP contribution in [0.25, 0.3) is 0 Å². The smallest absolute Gasteiger partial charge is 0.313 e. The molecule has 2 aromatic carbocycles. The molecule has 3 aliphatic heterocycles. The van der Waals surface area contributed by atoms with Gasteiger partial charge in [-0.1, -0.05) is 86.2 Å². The number of hydrogen-bond donors (Lipinski definition) is 1. The second-order valence-corrected chi connectivity index (χ2v) is 13.7. The molecule has 0 radical (unpaired) electrons. The molecule has 50 heavy (non-hydrogen) atoms. The number of benzene rings is 2. The normalized spacial score (nSPS) is 25.4. The first-order valence-corrected chi connectivity index (χ1v) is 17.8. The van der Waals surface area contributed by atoms with Crippen LogP contribution in [0.15, 0.2) is 86.0 Å². The van der Waals surface area contributed by atoms with Crippen LogP contribution in [0, 0.1) is 11.8 Å². The van der Waals surface area contributed by atoms with Gasteiger partial charge in [-0.2, -0.15) is 0 Å². The number of fused-ring (bicyclic) bond motifs is 1. The first-order valence-electron chi connectivity index (χ1n) is 17.8. The van der Waals surface area contributed by atoms with Crippen LogP contribution in [0.4, 0.5) is 0 Å².